The summed E-state index contributed by atoms with van der Waals surface area (Å²) in [6.07, 6.45) is 1.05. The standard InChI is InChI=1S/C10H13N3S/c1-7(2)13-10-3-4-14-6-8(10)9(5-11)12-13/h7H,3-4,6H2,1-2H3. The number of hydrogen-bond acceptors (Lipinski definition) is 3. The Kier molecular flexibility index (Phi) is 2.51. The third-order valence-electron chi connectivity index (χ3n) is 2.44. The second-order valence-electron chi connectivity index (χ2n) is 3.73. The average Bonchev–Trinajstić information content (AvgIpc) is 2.56. The topological polar surface area (TPSA) is 41.6 Å². The molecule has 2 heterocycles. The molecule has 1 aromatic heterocycles. The smallest absolute Gasteiger partial charge is 0.166 e. The van der Waals surface area contributed by atoms with E-state index < -0.39 is 0 Å². The van der Waals surface area contributed by atoms with E-state index in [1.165, 1.54) is 5.69 Å². The number of hydrogen-bond donors (Lipinski definition) is 0. The van der Waals surface area contributed by atoms with Crippen LogP contribution in [0.2, 0.25) is 0 Å². The van der Waals surface area contributed by atoms with E-state index in [9.17, 15) is 0 Å². The molecular formula is C10H13N3S. The number of nitriles is 1. The highest BCUT2D eigenvalue weighted by atomic mass is 32.2. The molecular weight excluding hydrogens is 194 g/mol. The molecule has 0 saturated carbocycles. The Balaban J connectivity index is 2.53. The van der Waals surface area contributed by atoms with Crippen molar-refractivity contribution in [2.45, 2.75) is 32.1 Å². The molecule has 0 spiro atoms. The van der Waals surface area contributed by atoms with Crippen LogP contribution in [-0.4, -0.2) is 15.5 Å². The van der Waals surface area contributed by atoms with Crippen LogP contribution in [0.5, 0.6) is 0 Å². The van der Waals surface area contributed by atoms with Crippen LogP contribution in [0.4, 0.5) is 0 Å². The zero-order valence-corrected chi connectivity index (χ0v) is 9.27. The van der Waals surface area contributed by atoms with Gasteiger partial charge in [0.2, 0.25) is 0 Å². The van der Waals surface area contributed by atoms with Gasteiger partial charge in [0.25, 0.3) is 0 Å². The van der Waals surface area contributed by atoms with Crippen molar-refractivity contribution in [2.24, 2.45) is 0 Å². The van der Waals surface area contributed by atoms with Crippen molar-refractivity contribution in [3.63, 3.8) is 0 Å². The Morgan fingerprint density at radius 2 is 2.36 bits per heavy atom. The molecule has 1 aromatic rings. The van der Waals surface area contributed by atoms with Crippen LogP contribution in [0.15, 0.2) is 0 Å². The van der Waals surface area contributed by atoms with Crippen LogP contribution in [0.3, 0.4) is 0 Å². The number of fused-ring (bicyclic) bond motifs is 1. The summed E-state index contributed by atoms with van der Waals surface area (Å²) in [7, 11) is 0. The van der Waals surface area contributed by atoms with Gasteiger partial charge in [0.15, 0.2) is 5.69 Å². The summed E-state index contributed by atoms with van der Waals surface area (Å²) in [5, 5.41) is 13.3. The van der Waals surface area contributed by atoms with E-state index in [0.717, 1.165) is 23.5 Å². The van der Waals surface area contributed by atoms with E-state index in [2.05, 4.69) is 25.0 Å². The molecule has 0 amide bonds. The maximum absolute atomic E-state index is 8.95. The lowest BCUT2D eigenvalue weighted by atomic mass is 10.1. The van der Waals surface area contributed by atoms with Crippen LogP contribution in [0.1, 0.15) is 36.8 Å². The number of aromatic nitrogens is 2. The number of nitrogens with zero attached hydrogens (tertiary/aromatic N) is 3. The highest BCUT2D eigenvalue weighted by Gasteiger charge is 2.21. The van der Waals surface area contributed by atoms with E-state index in [1.54, 1.807) is 0 Å². The molecule has 1 aliphatic rings. The third-order valence-corrected chi connectivity index (χ3v) is 3.43. The highest BCUT2D eigenvalue weighted by Crippen LogP contribution is 2.28. The van der Waals surface area contributed by atoms with Gasteiger partial charge in [0.1, 0.15) is 6.07 Å². The fraction of sp³-hybridized carbons (Fsp3) is 0.600. The van der Waals surface area contributed by atoms with Crippen molar-refractivity contribution in [1.29, 1.82) is 5.26 Å². The SMILES string of the molecule is CC(C)n1nc(C#N)c2c1CCSC2. The average molecular weight is 207 g/mol. The quantitative estimate of drug-likeness (QED) is 0.708. The first kappa shape index (κ1) is 9.60. The lowest BCUT2D eigenvalue weighted by Crippen LogP contribution is -2.11. The van der Waals surface area contributed by atoms with Crippen molar-refractivity contribution >= 4 is 11.8 Å². The first-order chi connectivity index (χ1) is 6.74. The van der Waals surface area contributed by atoms with Crippen LogP contribution in [0, 0.1) is 11.3 Å². The Morgan fingerprint density at radius 3 is 3.00 bits per heavy atom. The molecule has 0 saturated heterocycles. The second-order valence-corrected chi connectivity index (χ2v) is 4.83. The van der Waals surface area contributed by atoms with Crippen molar-refractivity contribution in [1.82, 2.24) is 9.78 Å². The molecule has 0 aromatic carbocycles. The van der Waals surface area contributed by atoms with Gasteiger partial charge in [-0.2, -0.15) is 22.1 Å². The summed E-state index contributed by atoms with van der Waals surface area (Å²) in [6, 6.07) is 2.54. The summed E-state index contributed by atoms with van der Waals surface area (Å²) >= 11 is 1.89. The Morgan fingerprint density at radius 1 is 1.57 bits per heavy atom. The summed E-state index contributed by atoms with van der Waals surface area (Å²) in [5.74, 6) is 2.10. The van der Waals surface area contributed by atoms with Gasteiger partial charge < -0.3 is 0 Å². The highest BCUT2D eigenvalue weighted by molar-refractivity contribution is 7.98. The lowest BCUT2D eigenvalue weighted by Gasteiger charge is -2.15. The summed E-state index contributed by atoms with van der Waals surface area (Å²) in [4.78, 5) is 0. The van der Waals surface area contributed by atoms with Gasteiger partial charge >= 0.3 is 0 Å². The van der Waals surface area contributed by atoms with Crippen molar-refractivity contribution in [3.05, 3.63) is 17.0 Å². The van der Waals surface area contributed by atoms with Crippen LogP contribution in [0.25, 0.3) is 0 Å². The molecule has 0 atom stereocenters. The van der Waals surface area contributed by atoms with E-state index in [-0.39, 0.29) is 0 Å². The van der Waals surface area contributed by atoms with Crippen molar-refractivity contribution < 1.29 is 0 Å². The van der Waals surface area contributed by atoms with Crippen molar-refractivity contribution in [3.8, 4) is 6.07 Å². The van der Waals surface area contributed by atoms with E-state index in [0.29, 0.717) is 11.7 Å². The van der Waals surface area contributed by atoms with Gasteiger partial charge in [-0.05, 0) is 26.0 Å². The third kappa shape index (κ3) is 1.42. The molecule has 1 aliphatic heterocycles. The molecule has 0 aliphatic carbocycles. The fourth-order valence-corrected chi connectivity index (χ4v) is 2.77. The second kappa shape index (κ2) is 3.66. The molecule has 2 rings (SSSR count). The summed E-state index contributed by atoms with van der Waals surface area (Å²) < 4.78 is 2.01. The predicted octanol–water partition coefficient (Wildman–Crippen LogP) is 2.12. The van der Waals surface area contributed by atoms with Gasteiger partial charge in [-0.15, -0.1) is 0 Å². The van der Waals surface area contributed by atoms with Gasteiger partial charge in [-0.3, -0.25) is 4.68 Å². The molecule has 0 N–H and O–H groups in total. The zero-order chi connectivity index (χ0) is 10.1. The minimum atomic E-state index is 0.356. The molecule has 4 heteroatoms. The maximum Gasteiger partial charge on any atom is 0.166 e. The molecule has 3 nitrogen and oxygen atoms in total. The van der Waals surface area contributed by atoms with Crippen LogP contribution in [-0.2, 0) is 12.2 Å². The Hall–Kier alpha value is -0.950. The maximum atomic E-state index is 8.95. The largest absolute Gasteiger partial charge is 0.265 e. The van der Waals surface area contributed by atoms with E-state index >= 15 is 0 Å². The minimum absolute atomic E-state index is 0.356. The first-order valence-corrected chi connectivity index (χ1v) is 5.97. The molecule has 0 radical (unpaired) electrons. The van der Waals surface area contributed by atoms with Crippen LogP contribution < -0.4 is 0 Å². The Labute approximate surface area is 88.1 Å². The molecule has 74 valence electrons. The zero-order valence-electron chi connectivity index (χ0n) is 8.45. The molecule has 0 unspecified atom stereocenters. The summed E-state index contributed by atoms with van der Waals surface area (Å²) in [6.45, 7) is 4.21. The lowest BCUT2D eigenvalue weighted by molar-refractivity contribution is 0.510. The number of thioether (sulfide) groups is 1. The molecule has 0 bridgehead atoms. The monoisotopic (exact) mass is 207 g/mol. The Bertz CT molecular complexity index is 387. The molecule has 14 heavy (non-hydrogen) atoms. The van der Waals surface area contributed by atoms with Gasteiger partial charge in [-0.25, -0.2) is 0 Å². The van der Waals surface area contributed by atoms with Gasteiger partial charge in [0.05, 0.1) is 0 Å². The van der Waals surface area contributed by atoms with Gasteiger partial charge in [0, 0.05) is 23.1 Å². The molecule has 0 fully saturated rings. The minimum Gasteiger partial charge on any atom is -0.265 e. The first-order valence-electron chi connectivity index (χ1n) is 4.82. The van der Waals surface area contributed by atoms with Crippen LogP contribution >= 0.6 is 11.8 Å². The van der Waals surface area contributed by atoms with Crippen molar-refractivity contribution in [2.75, 3.05) is 5.75 Å². The summed E-state index contributed by atoms with van der Waals surface area (Å²) in [5.41, 5.74) is 3.06. The normalized spacial score (nSPS) is 15.3. The van der Waals surface area contributed by atoms with E-state index in [4.69, 9.17) is 5.26 Å². The predicted molar refractivity (Wildman–Crippen MR) is 57.2 cm³/mol. The van der Waals surface area contributed by atoms with E-state index in [1.807, 2.05) is 16.4 Å². The van der Waals surface area contributed by atoms with Gasteiger partial charge in [-0.1, -0.05) is 0 Å². The number of rotatable bonds is 1. The fourth-order valence-electron chi connectivity index (χ4n) is 1.78.